The minimum absolute atomic E-state index is 0.138. The van der Waals surface area contributed by atoms with Gasteiger partial charge in [-0.2, -0.15) is 0 Å². The fourth-order valence-corrected chi connectivity index (χ4v) is 2.57. The van der Waals surface area contributed by atoms with Crippen molar-refractivity contribution in [3.63, 3.8) is 0 Å². The van der Waals surface area contributed by atoms with Crippen LogP contribution in [0, 0.1) is 13.8 Å². The van der Waals surface area contributed by atoms with Crippen molar-refractivity contribution in [3.05, 3.63) is 53.1 Å². The maximum Gasteiger partial charge on any atom is 0.261 e. The molecule has 0 saturated carbocycles. The first kappa shape index (κ1) is 19.6. The van der Waals surface area contributed by atoms with Crippen LogP contribution in [-0.2, 0) is 11.3 Å². The van der Waals surface area contributed by atoms with Gasteiger partial charge >= 0.3 is 0 Å². The quantitative estimate of drug-likeness (QED) is 0.781. The summed E-state index contributed by atoms with van der Waals surface area (Å²) >= 11 is 0. The van der Waals surface area contributed by atoms with Crippen molar-refractivity contribution in [2.75, 3.05) is 14.2 Å². The van der Waals surface area contributed by atoms with Crippen LogP contribution in [0.2, 0.25) is 0 Å². The number of rotatable bonds is 8. The summed E-state index contributed by atoms with van der Waals surface area (Å²) in [6.45, 7) is 6.40. The molecule has 0 aliphatic rings. The Bertz CT molecular complexity index is 758. The van der Waals surface area contributed by atoms with Gasteiger partial charge in [-0.25, -0.2) is 0 Å². The van der Waals surface area contributed by atoms with Gasteiger partial charge in [0.05, 0.1) is 14.2 Å². The van der Waals surface area contributed by atoms with Gasteiger partial charge in [-0.15, -0.1) is 0 Å². The number of hydrogen-bond donors (Lipinski definition) is 1. The highest BCUT2D eigenvalue weighted by Crippen LogP contribution is 2.27. The molecule has 0 bridgehead atoms. The lowest BCUT2D eigenvalue weighted by molar-refractivity contribution is -0.128. The molecule has 0 radical (unpaired) electrons. The fourth-order valence-electron chi connectivity index (χ4n) is 2.57. The number of aryl methyl sites for hydroxylation is 2. The Balaban J connectivity index is 1.99. The highest BCUT2D eigenvalue weighted by atomic mass is 16.5. The van der Waals surface area contributed by atoms with Crippen LogP contribution >= 0.6 is 0 Å². The maximum absolute atomic E-state index is 12.5. The Hall–Kier alpha value is -2.69. The predicted octanol–water partition coefficient (Wildman–Crippen LogP) is 3.79. The number of amides is 1. The molecule has 0 aliphatic heterocycles. The molecule has 2 rings (SSSR count). The third-order valence-corrected chi connectivity index (χ3v) is 4.33. The molecule has 0 spiro atoms. The van der Waals surface area contributed by atoms with Gasteiger partial charge in [-0.1, -0.05) is 19.1 Å². The van der Waals surface area contributed by atoms with Gasteiger partial charge in [0.1, 0.15) is 5.75 Å². The predicted molar refractivity (Wildman–Crippen MR) is 102 cm³/mol. The van der Waals surface area contributed by atoms with Gasteiger partial charge in [0, 0.05) is 6.54 Å². The molecule has 0 unspecified atom stereocenters. The number of methoxy groups -OCH3 is 2. The Morgan fingerprint density at radius 1 is 1.00 bits per heavy atom. The lowest BCUT2D eigenvalue weighted by atomic mass is 10.1. The van der Waals surface area contributed by atoms with Crippen LogP contribution in [0.15, 0.2) is 36.4 Å². The molecule has 26 heavy (non-hydrogen) atoms. The van der Waals surface area contributed by atoms with E-state index in [-0.39, 0.29) is 5.91 Å². The van der Waals surface area contributed by atoms with Crippen molar-refractivity contribution in [1.82, 2.24) is 5.32 Å². The minimum Gasteiger partial charge on any atom is -0.493 e. The van der Waals surface area contributed by atoms with E-state index in [0.29, 0.717) is 30.2 Å². The van der Waals surface area contributed by atoms with E-state index in [1.54, 1.807) is 14.2 Å². The third kappa shape index (κ3) is 4.91. The Morgan fingerprint density at radius 2 is 1.73 bits per heavy atom. The summed E-state index contributed by atoms with van der Waals surface area (Å²) in [7, 11) is 3.18. The molecule has 0 heterocycles. The number of ether oxygens (including phenoxy) is 3. The fraction of sp³-hybridized carbons (Fsp3) is 0.381. The molecule has 2 aromatic carbocycles. The monoisotopic (exact) mass is 357 g/mol. The molecule has 1 atom stereocenters. The van der Waals surface area contributed by atoms with Crippen LogP contribution in [0.3, 0.4) is 0 Å². The van der Waals surface area contributed by atoms with E-state index < -0.39 is 6.10 Å². The zero-order valence-corrected chi connectivity index (χ0v) is 16.1. The Labute approximate surface area is 155 Å². The average Bonchev–Trinajstić information content (AvgIpc) is 2.66. The molecule has 0 aliphatic carbocycles. The Morgan fingerprint density at radius 3 is 2.35 bits per heavy atom. The van der Waals surface area contributed by atoms with Gasteiger partial charge in [-0.05, 0) is 61.2 Å². The second-order valence-electron chi connectivity index (χ2n) is 6.17. The number of carbonyl (C=O) groups is 1. The second kappa shape index (κ2) is 9.13. The van der Waals surface area contributed by atoms with Crippen molar-refractivity contribution in [1.29, 1.82) is 0 Å². The lowest BCUT2D eigenvalue weighted by Gasteiger charge is -2.18. The molecule has 140 valence electrons. The topological polar surface area (TPSA) is 56.8 Å². The van der Waals surface area contributed by atoms with E-state index in [1.807, 2.05) is 57.2 Å². The van der Waals surface area contributed by atoms with E-state index >= 15 is 0 Å². The van der Waals surface area contributed by atoms with E-state index in [9.17, 15) is 4.79 Å². The molecule has 0 fully saturated rings. The highest BCUT2D eigenvalue weighted by molar-refractivity contribution is 5.81. The maximum atomic E-state index is 12.5. The number of carbonyl (C=O) groups excluding carboxylic acids is 1. The zero-order chi connectivity index (χ0) is 19.1. The summed E-state index contributed by atoms with van der Waals surface area (Å²) in [6.07, 6.45) is 0.0577. The van der Waals surface area contributed by atoms with Crippen molar-refractivity contribution in [2.45, 2.75) is 39.8 Å². The van der Waals surface area contributed by atoms with Crippen LogP contribution in [-0.4, -0.2) is 26.2 Å². The largest absolute Gasteiger partial charge is 0.493 e. The van der Waals surface area contributed by atoms with E-state index in [0.717, 1.165) is 11.1 Å². The van der Waals surface area contributed by atoms with Gasteiger partial charge in [-0.3, -0.25) is 4.79 Å². The van der Waals surface area contributed by atoms with Crippen LogP contribution < -0.4 is 19.5 Å². The average molecular weight is 357 g/mol. The number of hydrogen-bond acceptors (Lipinski definition) is 4. The summed E-state index contributed by atoms with van der Waals surface area (Å²) in [5.74, 6) is 1.87. The molecular weight excluding hydrogens is 330 g/mol. The minimum atomic E-state index is -0.530. The van der Waals surface area contributed by atoms with Crippen LogP contribution in [0.1, 0.15) is 30.0 Å². The summed E-state index contributed by atoms with van der Waals surface area (Å²) in [5.41, 5.74) is 3.27. The first-order valence-corrected chi connectivity index (χ1v) is 8.71. The van der Waals surface area contributed by atoms with E-state index in [1.165, 1.54) is 5.56 Å². The first-order valence-electron chi connectivity index (χ1n) is 8.71. The molecular formula is C21H27NO4. The van der Waals surface area contributed by atoms with E-state index in [4.69, 9.17) is 14.2 Å². The number of benzene rings is 2. The first-order chi connectivity index (χ1) is 12.5. The van der Waals surface area contributed by atoms with E-state index in [2.05, 4.69) is 5.32 Å². The van der Waals surface area contributed by atoms with Crippen LogP contribution in [0.25, 0.3) is 0 Å². The summed E-state index contributed by atoms with van der Waals surface area (Å²) in [6, 6.07) is 11.4. The van der Waals surface area contributed by atoms with Gasteiger partial charge < -0.3 is 19.5 Å². The molecule has 0 saturated heterocycles. The van der Waals surface area contributed by atoms with Crippen LogP contribution in [0.4, 0.5) is 0 Å². The van der Waals surface area contributed by atoms with Crippen molar-refractivity contribution in [2.24, 2.45) is 0 Å². The molecule has 5 nitrogen and oxygen atoms in total. The molecule has 0 aromatic heterocycles. The van der Waals surface area contributed by atoms with Gasteiger partial charge in [0.15, 0.2) is 17.6 Å². The van der Waals surface area contributed by atoms with Crippen molar-refractivity contribution >= 4 is 5.91 Å². The molecule has 1 N–H and O–H groups in total. The summed E-state index contributed by atoms with van der Waals surface area (Å²) < 4.78 is 16.4. The normalized spacial score (nSPS) is 11.6. The van der Waals surface area contributed by atoms with Crippen LogP contribution in [0.5, 0.6) is 17.2 Å². The summed E-state index contributed by atoms with van der Waals surface area (Å²) in [5, 5.41) is 2.92. The zero-order valence-electron chi connectivity index (χ0n) is 16.1. The number of nitrogens with one attached hydrogen (secondary N) is 1. The van der Waals surface area contributed by atoms with Crippen molar-refractivity contribution < 1.29 is 19.0 Å². The van der Waals surface area contributed by atoms with Crippen molar-refractivity contribution in [3.8, 4) is 17.2 Å². The smallest absolute Gasteiger partial charge is 0.261 e. The molecule has 1 amide bonds. The second-order valence-corrected chi connectivity index (χ2v) is 6.17. The summed E-state index contributed by atoms with van der Waals surface area (Å²) in [4.78, 5) is 12.5. The standard InChI is InChI=1S/C21H27NO4/c1-6-18(26-17-9-7-14(2)15(3)11-17)21(23)22-13-16-8-10-19(24-4)20(12-16)25-5/h7-12,18H,6,13H2,1-5H3,(H,22,23)/t18-/m1/s1. The molecule has 2 aromatic rings. The lowest BCUT2D eigenvalue weighted by Crippen LogP contribution is -2.37. The SMILES string of the molecule is CC[C@@H](Oc1ccc(C)c(C)c1)C(=O)NCc1ccc(OC)c(OC)c1. The highest BCUT2D eigenvalue weighted by Gasteiger charge is 2.18. The Kier molecular flexibility index (Phi) is 6.89. The molecule has 5 heteroatoms. The van der Waals surface area contributed by atoms with Gasteiger partial charge in [0.2, 0.25) is 0 Å². The van der Waals surface area contributed by atoms with Gasteiger partial charge in [0.25, 0.3) is 5.91 Å². The third-order valence-electron chi connectivity index (χ3n) is 4.33.